The number of amides is 2. The second kappa shape index (κ2) is 6.53. The fourth-order valence-electron chi connectivity index (χ4n) is 3.32. The Bertz CT molecular complexity index is 623. The molecule has 2 amide bonds. The van der Waals surface area contributed by atoms with Crippen molar-refractivity contribution in [1.82, 2.24) is 10.2 Å². The zero-order valence-electron chi connectivity index (χ0n) is 14.1. The van der Waals surface area contributed by atoms with E-state index in [1.807, 2.05) is 24.3 Å². The van der Waals surface area contributed by atoms with Crippen molar-refractivity contribution in [3.8, 4) is 0 Å². The minimum atomic E-state index is -0.724. The summed E-state index contributed by atoms with van der Waals surface area (Å²) in [4.78, 5) is 25.6. The minimum absolute atomic E-state index is 0.172. The van der Waals surface area contributed by atoms with Crippen LogP contribution in [0.5, 0.6) is 0 Å². The molecule has 24 heavy (non-hydrogen) atoms. The molecule has 1 heterocycles. The molecule has 6 heteroatoms. The molecule has 1 aliphatic carbocycles. The highest BCUT2D eigenvalue weighted by atomic mass is 16.5. The maximum atomic E-state index is 12.3. The lowest BCUT2D eigenvalue weighted by Crippen LogP contribution is -2.36. The van der Waals surface area contributed by atoms with Crippen molar-refractivity contribution in [1.29, 1.82) is 0 Å². The molecular formula is C18H24N3O3. The van der Waals surface area contributed by atoms with Gasteiger partial charge in [0.05, 0.1) is 12.6 Å². The van der Waals surface area contributed by atoms with E-state index in [9.17, 15) is 9.59 Å². The molecule has 3 N–H and O–H groups in total. The van der Waals surface area contributed by atoms with E-state index in [0.717, 1.165) is 6.54 Å². The van der Waals surface area contributed by atoms with Gasteiger partial charge in [0.2, 0.25) is 5.91 Å². The molecule has 1 aliphatic heterocycles. The number of carbonyl (C=O) groups excluding carboxylic acids is 2. The van der Waals surface area contributed by atoms with E-state index >= 15 is 0 Å². The highest BCUT2D eigenvalue weighted by molar-refractivity contribution is 5.94. The number of nitrogens with one attached hydrogen (secondary N) is 1. The van der Waals surface area contributed by atoms with E-state index in [1.54, 1.807) is 6.42 Å². The summed E-state index contributed by atoms with van der Waals surface area (Å²) in [6, 6.07) is 7.53. The van der Waals surface area contributed by atoms with Crippen molar-refractivity contribution in [2.45, 2.75) is 30.4 Å². The number of ether oxygens (including phenoxy) is 1. The Hall–Kier alpha value is -1.92. The van der Waals surface area contributed by atoms with Gasteiger partial charge < -0.3 is 20.7 Å². The predicted octanol–water partition coefficient (Wildman–Crippen LogP) is 0.467. The number of primary amides is 1. The number of hydrogen-bond acceptors (Lipinski definition) is 4. The van der Waals surface area contributed by atoms with Gasteiger partial charge in [0.15, 0.2) is 0 Å². The van der Waals surface area contributed by atoms with Crippen LogP contribution in [0, 0.1) is 6.42 Å². The zero-order chi connectivity index (χ0) is 17.3. The molecule has 1 radical (unpaired) electrons. The van der Waals surface area contributed by atoms with Crippen LogP contribution in [-0.4, -0.2) is 56.1 Å². The maximum absolute atomic E-state index is 12.3. The highest BCUT2D eigenvalue weighted by Gasteiger charge is 2.44. The summed E-state index contributed by atoms with van der Waals surface area (Å²) in [6.07, 6.45) is 3.29. The molecule has 1 saturated carbocycles. The highest BCUT2D eigenvalue weighted by Crippen LogP contribution is 2.48. The van der Waals surface area contributed by atoms with Gasteiger partial charge in [-0.1, -0.05) is 12.1 Å². The number of nitrogens with zero attached hydrogens (tertiary/aromatic N) is 1. The first-order valence-corrected chi connectivity index (χ1v) is 8.22. The van der Waals surface area contributed by atoms with Crippen LogP contribution in [0.3, 0.4) is 0 Å². The third-order valence-electron chi connectivity index (χ3n) is 4.69. The van der Waals surface area contributed by atoms with E-state index in [4.69, 9.17) is 10.5 Å². The van der Waals surface area contributed by atoms with Crippen LogP contribution in [-0.2, 0) is 14.9 Å². The molecule has 0 spiro atoms. The Morgan fingerprint density at radius 1 is 1.29 bits per heavy atom. The van der Waals surface area contributed by atoms with Crippen LogP contribution in [0.15, 0.2) is 24.3 Å². The number of hydrogen-bond donors (Lipinski definition) is 2. The average Bonchev–Trinajstić information content (AvgIpc) is 3.15. The molecule has 2 fully saturated rings. The van der Waals surface area contributed by atoms with E-state index in [0.29, 0.717) is 5.56 Å². The number of nitrogens with two attached hydrogens (primary N) is 1. The largest absolute Gasteiger partial charge is 0.367 e. The second-order valence-electron chi connectivity index (χ2n) is 7.02. The van der Waals surface area contributed by atoms with Gasteiger partial charge in [0, 0.05) is 23.9 Å². The third kappa shape index (κ3) is 3.60. The molecule has 1 saturated heterocycles. The quantitative estimate of drug-likeness (QED) is 0.794. The molecule has 6 nitrogen and oxygen atoms in total. The Morgan fingerprint density at radius 3 is 2.46 bits per heavy atom. The molecule has 0 bridgehead atoms. The zero-order valence-corrected chi connectivity index (χ0v) is 14.1. The summed E-state index contributed by atoms with van der Waals surface area (Å²) in [7, 11) is 4.17. The first kappa shape index (κ1) is 16.9. The summed E-state index contributed by atoms with van der Waals surface area (Å²) < 4.78 is 5.22. The monoisotopic (exact) mass is 330 g/mol. The molecule has 1 aromatic rings. The van der Waals surface area contributed by atoms with Crippen LogP contribution < -0.4 is 11.1 Å². The lowest BCUT2D eigenvalue weighted by atomic mass is 9.94. The molecule has 2 atom stereocenters. The summed E-state index contributed by atoms with van der Waals surface area (Å²) in [5, 5.41) is 2.85. The average molecular weight is 330 g/mol. The lowest BCUT2D eigenvalue weighted by Gasteiger charge is -2.21. The first-order valence-electron chi connectivity index (χ1n) is 8.22. The van der Waals surface area contributed by atoms with Crippen molar-refractivity contribution in [3.63, 3.8) is 0 Å². The minimum Gasteiger partial charge on any atom is -0.367 e. The Balaban J connectivity index is 1.60. The van der Waals surface area contributed by atoms with Gasteiger partial charge >= 0.3 is 0 Å². The molecule has 3 rings (SSSR count). The van der Waals surface area contributed by atoms with Crippen molar-refractivity contribution in [2.75, 3.05) is 27.2 Å². The number of rotatable bonds is 6. The van der Waals surface area contributed by atoms with E-state index in [1.165, 1.54) is 18.4 Å². The van der Waals surface area contributed by atoms with E-state index < -0.39 is 12.0 Å². The smallest absolute Gasteiger partial charge is 0.251 e. The predicted molar refractivity (Wildman–Crippen MR) is 90.4 cm³/mol. The second-order valence-corrected chi connectivity index (χ2v) is 7.02. The molecule has 2 aliphatic rings. The number of benzene rings is 1. The normalized spacial score (nSPS) is 24.8. The first-order chi connectivity index (χ1) is 11.4. The van der Waals surface area contributed by atoms with Crippen LogP contribution >= 0.6 is 0 Å². The third-order valence-corrected chi connectivity index (χ3v) is 4.69. The molecule has 2 unspecified atom stereocenters. The van der Waals surface area contributed by atoms with E-state index in [-0.39, 0.29) is 24.0 Å². The summed E-state index contributed by atoms with van der Waals surface area (Å²) in [5.41, 5.74) is 7.33. The Labute approximate surface area is 142 Å². The van der Waals surface area contributed by atoms with Gasteiger partial charge in [0.1, 0.15) is 6.10 Å². The standard InChI is InChI=1S/C18H24N3O3/c1-21(2)11-18(7-8-18)13-5-3-12(4-6-13)17(23)20-14-9-15(16(19)22)24-10-14/h3-6,9,14-15H,7-8,10-11H2,1-2H3,(H2,19,22)(H,20,23). The fourth-order valence-corrected chi connectivity index (χ4v) is 3.32. The summed E-state index contributed by atoms with van der Waals surface area (Å²) in [5.74, 6) is -0.708. The lowest BCUT2D eigenvalue weighted by molar-refractivity contribution is -0.125. The Morgan fingerprint density at radius 2 is 1.96 bits per heavy atom. The molecular weight excluding hydrogens is 306 g/mol. The van der Waals surface area contributed by atoms with Gasteiger partial charge in [-0.3, -0.25) is 9.59 Å². The molecule has 129 valence electrons. The Kier molecular flexibility index (Phi) is 4.60. The molecule has 0 aromatic heterocycles. The number of likely N-dealkylation sites (N-methyl/N-ethyl adjacent to an activating group) is 1. The van der Waals surface area contributed by atoms with Gasteiger partial charge in [-0.25, -0.2) is 0 Å². The van der Waals surface area contributed by atoms with Crippen molar-refractivity contribution >= 4 is 11.8 Å². The van der Waals surface area contributed by atoms with Crippen LogP contribution in [0.1, 0.15) is 28.8 Å². The van der Waals surface area contributed by atoms with Gasteiger partial charge in [-0.2, -0.15) is 0 Å². The van der Waals surface area contributed by atoms with Gasteiger partial charge in [0.25, 0.3) is 5.91 Å². The number of carbonyl (C=O) groups is 2. The van der Waals surface area contributed by atoms with Crippen molar-refractivity contribution < 1.29 is 14.3 Å². The molecule has 1 aromatic carbocycles. The van der Waals surface area contributed by atoms with E-state index in [2.05, 4.69) is 24.3 Å². The van der Waals surface area contributed by atoms with Crippen molar-refractivity contribution in [2.24, 2.45) is 5.73 Å². The van der Waals surface area contributed by atoms with Gasteiger partial charge in [-0.15, -0.1) is 0 Å². The summed E-state index contributed by atoms with van der Waals surface area (Å²) in [6.45, 7) is 1.30. The van der Waals surface area contributed by atoms with Crippen LogP contribution in [0.2, 0.25) is 0 Å². The van der Waals surface area contributed by atoms with Crippen LogP contribution in [0.4, 0.5) is 0 Å². The van der Waals surface area contributed by atoms with Crippen LogP contribution in [0.25, 0.3) is 0 Å². The fraction of sp³-hybridized carbons (Fsp3) is 0.500. The topological polar surface area (TPSA) is 84.7 Å². The summed E-state index contributed by atoms with van der Waals surface area (Å²) >= 11 is 0. The van der Waals surface area contributed by atoms with Gasteiger partial charge in [-0.05, 0) is 44.6 Å². The maximum Gasteiger partial charge on any atom is 0.251 e. The SMILES string of the molecule is CN(C)CC1(c2ccc(C(=O)NC3[CH]C(C(N)=O)OC3)cc2)CC1. The van der Waals surface area contributed by atoms with Crippen molar-refractivity contribution in [3.05, 3.63) is 41.8 Å².